The number of anilines is 1. The van der Waals surface area contributed by atoms with Crippen molar-refractivity contribution >= 4 is 52.4 Å². The molecule has 0 heterocycles. The van der Waals surface area contributed by atoms with E-state index in [0.29, 0.717) is 10.7 Å². The van der Waals surface area contributed by atoms with Crippen LogP contribution in [-0.4, -0.2) is 42.0 Å². The predicted octanol–water partition coefficient (Wildman–Crippen LogP) is 2.99. The molecule has 0 aliphatic rings. The van der Waals surface area contributed by atoms with E-state index in [1.807, 2.05) is 0 Å². The van der Waals surface area contributed by atoms with Gasteiger partial charge in [0.2, 0.25) is 5.91 Å². The SMILES string of the molecule is CN(CCC(=O)O)CC(=O)Nc1cc(Cl)c(Cl)cc1Cl. The summed E-state index contributed by atoms with van der Waals surface area (Å²) >= 11 is 17.6. The lowest BCUT2D eigenvalue weighted by molar-refractivity contribution is -0.137. The van der Waals surface area contributed by atoms with Crippen molar-refractivity contribution in [1.82, 2.24) is 4.90 Å². The summed E-state index contributed by atoms with van der Waals surface area (Å²) in [5.74, 6) is -1.23. The number of halogens is 3. The smallest absolute Gasteiger partial charge is 0.304 e. The zero-order chi connectivity index (χ0) is 15.3. The van der Waals surface area contributed by atoms with Gasteiger partial charge in [0.15, 0.2) is 0 Å². The molecule has 20 heavy (non-hydrogen) atoms. The summed E-state index contributed by atoms with van der Waals surface area (Å²) in [6, 6.07) is 2.90. The fourth-order valence-corrected chi connectivity index (χ4v) is 2.01. The van der Waals surface area contributed by atoms with Crippen molar-refractivity contribution in [2.24, 2.45) is 0 Å². The summed E-state index contributed by atoms with van der Waals surface area (Å²) in [6.45, 7) is 0.321. The van der Waals surface area contributed by atoms with Gasteiger partial charge in [0.1, 0.15) is 0 Å². The van der Waals surface area contributed by atoms with Crippen molar-refractivity contribution < 1.29 is 14.7 Å². The summed E-state index contributed by atoms with van der Waals surface area (Å²) in [4.78, 5) is 23.8. The lowest BCUT2D eigenvalue weighted by Crippen LogP contribution is -2.31. The third kappa shape index (κ3) is 5.54. The molecule has 1 rings (SSSR count). The highest BCUT2D eigenvalue weighted by molar-refractivity contribution is 6.44. The number of nitrogens with zero attached hydrogens (tertiary/aromatic N) is 1. The van der Waals surface area contributed by atoms with Gasteiger partial charge in [0.05, 0.1) is 33.7 Å². The quantitative estimate of drug-likeness (QED) is 0.782. The lowest BCUT2D eigenvalue weighted by atomic mass is 10.3. The molecular formula is C12H13Cl3N2O3. The van der Waals surface area contributed by atoms with E-state index in [1.54, 1.807) is 11.9 Å². The fourth-order valence-electron chi connectivity index (χ4n) is 1.42. The van der Waals surface area contributed by atoms with Crippen molar-refractivity contribution in [3.63, 3.8) is 0 Å². The third-order valence-corrected chi connectivity index (χ3v) is 3.44. The average Bonchev–Trinajstić information content (AvgIpc) is 2.33. The molecule has 0 saturated carbocycles. The van der Waals surface area contributed by atoms with Crippen LogP contribution in [0.1, 0.15) is 6.42 Å². The van der Waals surface area contributed by atoms with Crippen LogP contribution in [0.25, 0.3) is 0 Å². The molecule has 5 nitrogen and oxygen atoms in total. The highest BCUT2D eigenvalue weighted by Crippen LogP contribution is 2.32. The Morgan fingerprint density at radius 1 is 1.20 bits per heavy atom. The van der Waals surface area contributed by atoms with Crippen LogP contribution in [0.15, 0.2) is 12.1 Å². The van der Waals surface area contributed by atoms with Crippen LogP contribution in [-0.2, 0) is 9.59 Å². The van der Waals surface area contributed by atoms with Crippen LogP contribution in [0.4, 0.5) is 5.69 Å². The minimum atomic E-state index is -0.912. The Kier molecular flexibility index (Phi) is 6.55. The van der Waals surface area contributed by atoms with Crippen molar-refractivity contribution in [3.8, 4) is 0 Å². The summed E-state index contributed by atoms with van der Waals surface area (Å²) in [5.41, 5.74) is 0.359. The maximum atomic E-state index is 11.8. The maximum absolute atomic E-state index is 11.8. The maximum Gasteiger partial charge on any atom is 0.304 e. The molecule has 0 radical (unpaired) electrons. The Hall–Kier alpha value is -1.01. The number of rotatable bonds is 6. The summed E-state index contributed by atoms with van der Waals surface area (Å²) in [5, 5.41) is 12.0. The number of carbonyl (C=O) groups excluding carboxylic acids is 1. The molecule has 0 aromatic heterocycles. The number of aliphatic carboxylic acids is 1. The molecule has 1 aromatic rings. The molecule has 1 amide bonds. The number of hydrogen-bond donors (Lipinski definition) is 2. The Labute approximate surface area is 131 Å². The number of carboxylic acid groups (broad SMARTS) is 1. The van der Waals surface area contributed by atoms with Gasteiger partial charge >= 0.3 is 5.97 Å². The first-order valence-electron chi connectivity index (χ1n) is 5.64. The summed E-state index contributed by atoms with van der Waals surface area (Å²) in [6.07, 6.45) is -0.0304. The van der Waals surface area contributed by atoms with Gasteiger partial charge in [-0.25, -0.2) is 0 Å². The number of amides is 1. The van der Waals surface area contributed by atoms with Gasteiger partial charge < -0.3 is 10.4 Å². The molecule has 0 aliphatic carbocycles. The normalized spacial score (nSPS) is 10.7. The predicted molar refractivity (Wildman–Crippen MR) is 79.9 cm³/mol. The average molecular weight is 340 g/mol. The molecule has 0 bridgehead atoms. The van der Waals surface area contributed by atoms with E-state index in [1.165, 1.54) is 12.1 Å². The Bertz CT molecular complexity index is 523. The highest BCUT2D eigenvalue weighted by atomic mass is 35.5. The number of carbonyl (C=O) groups is 2. The van der Waals surface area contributed by atoms with Gasteiger partial charge in [-0.3, -0.25) is 14.5 Å². The fraction of sp³-hybridized carbons (Fsp3) is 0.333. The molecule has 0 unspecified atom stereocenters. The largest absolute Gasteiger partial charge is 0.481 e. The molecule has 0 fully saturated rings. The zero-order valence-electron chi connectivity index (χ0n) is 10.6. The minimum Gasteiger partial charge on any atom is -0.481 e. The number of hydrogen-bond acceptors (Lipinski definition) is 3. The van der Waals surface area contributed by atoms with Crippen molar-refractivity contribution in [3.05, 3.63) is 27.2 Å². The second-order valence-electron chi connectivity index (χ2n) is 4.18. The second-order valence-corrected chi connectivity index (χ2v) is 5.40. The van der Waals surface area contributed by atoms with Gasteiger partial charge in [0.25, 0.3) is 0 Å². The van der Waals surface area contributed by atoms with Crippen LogP contribution >= 0.6 is 34.8 Å². The number of likely N-dealkylation sites (N-methyl/N-ethyl adjacent to an activating group) is 1. The molecular weight excluding hydrogens is 327 g/mol. The first-order valence-corrected chi connectivity index (χ1v) is 6.77. The van der Waals surface area contributed by atoms with Crippen molar-refractivity contribution in [2.75, 3.05) is 25.5 Å². The van der Waals surface area contributed by atoms with Crippen molar-refractivity contribution in [1.29, 1.82) is 0 Å². The zero-order valence-corrected chi connectivity index (χ0v) is 12.9. The third-order valence-electron chi connectivity index (χ3n) is 2.40. The van der Waals surface area contributed by atoms with Crippen LogP contribution in [0.5, 0.6) is 0 Å². The Morgan fingerprint density at radius 3 is 2.40 bits per heavy atom. The van der Waals surface area contributed by atoms with Gasteiger partial charge in [0, 0.05) is 6.54 Å². The van der Waals surface area contributed by atoms with E-state index in [2.05, 4.69) is 5.32 Å². The molecule has 2 N–H and O–H groups in total. The molecule has 0 saturated heterocycles. The number of carboxylic acids is 1. The van der Waals surface area contributed by atoms with E-state index in [9.17, 15) is 9.59 Å². The Morgan fingerprint density at radius 2 is 1.80 bits per heavy atom. The molecule has 0 spiro atoms. The van der Waals surface area contributed by atoms with Gasteiger partial charge in [-0.2, -0.15) is 0 Å². The van der Waals surface area contributed by atoms with Gasteiger partial charge in [-0.05, 0) is 19.2 Å². The molecule has 1 aromatic carbocycles. The van der Waals surface area contributed by atoms with E-state index in [4.69, 9.17) is 39.9 Å². The summed E-state index contributed by atoms with van der Waals surface area (Å²) in [7, 11) is 1.65. The van der Waals surface area contributed by atoms with Crippen LogP contribution < -0.4 is 5.32 Å². The number of nitrogens with one attached hydrogen (secondary N) is 1. The van der Waals surface area contributed by atoms with Crippen LogP contribution in [0.2, 0.25) is 15.1 Å². The second kappa shape index (κ2) is 7.69. The molecule has 0 atom stereocenters. The minimum absolute atomic E-state index is 0.0304. The van der Waals surface area contributed by atoms with E-state index in [0.717, 1.165) is 0 Å². The highest BCUT2D eigenvalue weighted by Gasteiger charge is 2.12. The van der Waals surface area contributed by atoms with Crippen LogP contribution in [0.3, 0.4) is 0 Å². The molecule has 110 valence electrons. The van der Waals surface area contributed by atoms with E-state index in [-0.39, 0.29) is 35.5 Å². The lowest BCUT2D eigenvalue weighted by Gasteiger charge is -2.15. The standard InChI is InChI=1S/C12H13Cl3N2O3/c1-17(3-2-12(19)20)6-11(18)16-10-5-8(14)7(13)4-9(10)15/h4-5H,2-3,6H2,1H3,(H,16,18)(H,19,20). The molecule has 0 aliphatic heterocycles. The molecule has 8 heteroatoms. The van der Waals surface area contributed by atoms with E-state index >= 15 is 0 Å². The summed E-state index contributed by atoms with van der Waals surface area (Å²) < 4.78 is 0. The first kappa shape index (κ1) is 17.0. The van der Waals surface area contributed by atoms with Crippen LogP contribution in [0, 0.1) is 0 Å². The Balaban J connectivity index is 2.58. The monoisotopic (exact) mass is 338 g/mol. The first-order chi connectivity index (χ1) is 9.29. The van der Waals surface area contributed by atoms with Gasteiger partial charge in [-0.1, -0.05) is 34.8 Å². The topological polar surface area (TPSA) is 69.6 Å². The number of benzene rings is 1. The van der Waals surface area contributed by atoms with Crippen molar-refractivity contribution in [2.45, 2.75) is 6.42 Å². The van der Waals surface area contributed by atoms with E-state index < -0.39 is 5.97 Å². The van der Waals surface area contributed by atoms with Gasteiger partial charge in [-0.15, -0.1) is 0 Å².